The molecule has 1 aliphatic heterocycles. The minimum Gasteiger partial charge on any atom is -0.329 e. The van der Waals surface area contributed by atoms with E-state index in [2.05, 4.69) is 32.6 Å². The third-order valence-corrected chi connectivity index (χ3v) is 5.77. The van der Waals surface area contributed by atoms with E-state index in [4.69, 9.17) is 5.73 Å². The zero-order valence-electron chi connectivity index (χ0n) is 14.3. The second-order valence-corrected chi connectivity index (χ2v) is 8.39. The molecular formula is C18H36N2. The first-order valence-corrected chi connectivity index (χ1v) is 8.89. The zero-order valence-corrected chi connectivity index (χ0v) is 14.3. The van der Waals surface area contributed by atoms with Gasteiger partial charge in [0.25, 0.3) is 0 Å². The fourth-order valence-electron chi connectivity index (χ4n) is 5.42. The summed E-state index contributed by atoms with van der Waals surface area (Å²) < 4.78 is 0. The van der Waals surface area contributed by atoms with E-state index in [1.54, 1.807) is 0 Å². The number of nitrogens with zero attached hydrogens (tertiary/aromatic N) is 1. The lowest BCUT2D eigenvalue weighted by Crippen LogP contribution is -2.61. The van der Waals surface area contributed by atoms with Crippen molar-refractivity contribution in [1.82, 2.24) is 4.90 Å². The summed E-state index contributed by atoms with van der Waals surface area (Å²) in [5.41, 5.74) is 7.09. The van der Waals surface area contributed by atoms with Crippen molar-refractivity contribution >= 4 is 0 Å². The monoisotopic (exact) mass is 280 g/mol. The van der Waals surface area contributed by atoms with Crippen molar-refractivity contribution in [3.8, 4) is 0 Å². The molecule has 20 heavy (non-hydrogen) atoms. The fraction of sp³-hybridized carbons (Fsp3) is 1.00. The van der Waals surface area contributed by atoms with Gasteiger partial charge in [0.05, 0.1) is 0 Å². The van der Waals surface area contributed by atoms with Crippen molar-refractivity contribution < 1.29 is 0 Å². The van der Waals surface area contributed by atoms with Crippen molar-refractivity contribution in [1.29, 1.82) is 0 Å². The Morgan fingerprint density at radius 2 is 1.90 bits per heavy atom. The lowest BCUT2D eigenvalue weighted by atomic mass is 9.63. The van der Waals surface area contributed by atoms with Crippen LogP contribution in [0.25, 0.3) is 0 Å². The molecule has 1 aliphatic carbocycles. The molecule has 1 saturated carbocycles. The van der Waals surface area contributed by atoms with Crippen molar-refractivity contribution in [3.05, 3.63) is 0 Å². The van der Waals surface area contributed by atoms with Gasteiger partial charge in [-0.05, 0) is 56.4 Å². The SMILES string of the molecule is CCC1CCCCCN1C1(CN)CC(C)CC(C)(C)C1. The molecule has 0 spiro atoms. The van der Waals surface area contributed by atoms with Gasteiger partial charge >= 0.3 is 0 Å². The van der Waals surface area contributed by atoms with E-state index >= 15 is 0 Å². The maximum Gasteiger partial charge on any atom is 0.0342 e. The molecule has 118 valence electrons. The average Bonchev–Trinajstić information content (AvgIpc) is 2.61. The van der Waals surface area contributed by atoms with Crippen LogP contribution in [-0.2, 0) is 0 Å². The first kappa shape index (κ1) is 16.3. The third-order valence-electron chi connectivity index (χ3n) is 5.77. The molecule has 0 bridgehead atoms. The molecule has 1 heterocycles. The van der Waals surface area contributed by atoms with Gasteiger partial charge in [0.2, 0.25) is 0 Å². The van der Waals surface area contributed by atoms with Gasteiger partial charge in [-0.3, -0.25) is 4.90 Å². The third kappa shape index (κ3) is 3.39. The Balaban J connectivity index is 2.27. The average molecular weight is 280 g/mol. The molecule has 0 aromatic carbocycles. The largest absolute Gasteiger partial charge is 0.329 e. The van der Waals surface area contributed by atoms with Crippen LogP contribution in [0.3, 0.4) is 0 Å². The summed E-state index contributed by atoms with van der Waals surface area (Å²) in [5.74, 6) is 0.808. The Bertz CT molecular complexity index is 313. The molecule has 2 nitrogen and oxygen atoms in total. The van der Waals surface area contributed by atoms with E-state index in [-0.39, 0.29) is 5.54 Å². The first-order valence-electron chi connectivity index (χ1n) is 8.89. The molecule has 3 unspecified atom stereocenters. The van der Waals surface area contributed by atoms with Gasteiger partial charge in [-0.15, -0.1) is 0 Å². The van der Waals surface area contributed by atoms with Crippen LogP contribution >= 0.6 is 0 Å². The highest BCUT2D eigenvalue weighted by molar-refractivity contribution is 5.03. The Morgan fingerprint density at radius 1 is 1.15 bits per heavy atom. The Labute approximate surface area is 126 Å². The lowest BCUT2D eigenvalue weighted by Gasteiger charge is -2.55. The molecule has 2 heteroatoms. The van der Waals surface area contributed by atoms with Crippen LogP contribution in [0.2, 0.25) is 0 Å². The van der Waals surface area contributed by atoms with E-state index in [0.29, 0.717) is 5.41 Å². The number of rotatable bonds is 3. The minimum atomic E-state index is 0.270. The number of hydrogen-bond acceptors (Lipinski definition) is 2. The summed E-state index contributed by atoms with van der Waals surface area (Å²) in [6.45, 7) is 11.8. The number of hydrogen-bond donors (Lipinski definition) is 1. The van der Waals surface area contributed by atoms with Gasteiger partial charge in [-0.1, -0.05) is 40.5 Å². The van der Waals surface area contributed by atoms with Crippen LogP contribution in [-0.4, -0.2) is 29.6 Å². The molecule has 0 aromatic heterocycles. The first-order chi connectivity index (χ1) is 9.42. The van der Waals surface area contributed by atoms with Crippen molar-refractivity contribution in [2.45, 2.75) is 90.6 Å². The molecule has 2 fully saturated rings. The van der Waals surface area contributed by atoms with Gasteiger partial charge in [-0.2, -0.15) is 0 Å². The highest BCUT2D eigenvalue weighted by atomic mass is 15.2. The van der Waals surface area contributed by atoms with Crippen LogP contribution in [0.1, 0.15) is 79.1 Å². The summed E-state index contributed by atoms with van der Waals surface area (Å²) in [4.78, 5) is 2.86. The molecule has 1 saturated heterocycles. The highest BCUT2D eigenvalue weighted by Gasteiger charge is 2.47. The topological polar surface area (TPSA) is 29.3 Å². The molecule has 2 rings (SSSR count). The van der Waals surface area contributed by atoms with Crippen LogP contribution in [0.4, 0.5) is 0 Å². The summed E-state index contributed by atoms with van der Waals surface area (Å²) >= 11 is 0. The van der Waals surface area contributed by atoms with Crippen molar-refractivity contribution in [2.24, 2.45) is 17.1 Å². The van der Waals surface area contributed by atoms with Crippen molar-refractivity contribution in [2.75, 3.05) is 13.1 Å². The van der Waals surface area contributed by atoms with Gasteiger partial charge in [-0.25, -0.2) is 0 Å². The molecule has 0 aromatic rings. The Hall–Kier alpha value is -0.0800. The number of likely N-dealkylation sites (tertiary alicyclic amines) is 1. The normalized spacial score (nSPS) is 39.5. The van der Waals surface area contributed by atoms with E-state index < -0.39 is 0 Å². The highest BCUT2D eigenvalue weighted by Crippen LogP contribution is 2.47. The van der Waals surface area contributed by atoms with Gasteiger partial charge in [0.1, 0.15) is 0 Å². The van der Waals surface area contributed by atoms with E-state index in [1.165, 1.54) is 57.9 Å². The van der Waals surface area contributed by atoms with Gasteiger partial charge in [0, 0.05) is 18.1 Å². The smallest absolute Gasteiger partial charge is 0.0342 e. The predicted octanol–water partition coefficient (Wildman–Crippen LogP) is 4.18. The molecular weight excluding hydrogens is 244 g/mol. The molecule has 2 N–H and O–H groups in total. The van der Waals surface area contributed by atoms with E-state index in [1.807, 2.05) is 0 Å². The minimum absolute atomic E-state index is 0.270. The van der Waals surface area contributed by atoms with Crippen LogP contribution in [0.15, 0.2) is 0 Å². The second kappa shape index (κ2) is 6.36. The Morgan fingerprint density at radius 3 is 2.50 bits per heavy atom. The summed E-state index contributed by atoms with van der Waals surface area (Å²) in [6, 6.07) is 0.766. The van der Waals surface area contributed by atoms with Gasteiger partial charge in [0.15, 0.2) is 0 Å². The predicted molar refractivity (Wildman–Crippen MR) is 87.8 cm³/mol. The van der Waals surface area contributed by atoms with E-state index in [0.717, 1.165) is 18.5 Å². The van der Waals surface area contributed by atoms with Crippen molar-refractivity contribution in [3.63, 3.8) is 0 Å². The lowest BCUT2D eigenvalue weighted by molar-refractivity contribution is -0.0358. The second-order valence-electron chi connectivity index (χ2n) is 8.39. The zero-order chi connectivity index (χ0) is 14.8. The fourth-order valence-corrected chi connectivity index (χ4v) is 5.42. The molecule has 0 radical (unpaired) electrons. The van der Waals surface area contributed by atoms with E-state index in [9.17, 15) is 0 Å². The molecule has 3 atom stereocenters. The molecule has 2 aliphatic rings. The Kier molecular flexibility index (Phi) is 5.18. The summed E-state index contributed by atoms with van der Waals surface area (Å²) in [5, 5.41) is 0. The van der Waals surface area contributed by atoms with Crippen LogP contribution in [0.5, 0.6) is 0 Å². The quantitative estimate of drug-likeness (QED) is 0.840. The van der Waals surface area contributed by atoms with Crippen LogP contribution < -0.4 is 5.73 Å². The maximum absolute atomic E-state index is 6.38. The number of nitrogens with two attached hydrogens (primary N) is 1. The van der Waals surface area contributed by atoms with Gasteiger partial charge < -0.3 is 5.73 Å². The molecule has 0 amide bonds. The maximum atomic E-state index is 6.38. The summed E-state index contributed by atoms with van der Waals surface area (Å²) in [6.07, 6.45) is 10.8. The standard InChI is InChI=1S/C18H36N2/c1-5-16-9-7-6-8-10-20(16)18(14-19)12-15(2)11-17(3,4)13-18/h15-16H,5-14,19H2,1-4H3. The van der Waals surface area contributed by atoms with Crippen LogP contribution in [0, 0.1) is 11.3 Å². The summed E-state index contributed by atoms with van der Waals surface area (Å²) in [7, 11) is 0.